The topological polar surface area (TPSA) is 40.7 Å². The number of halogens is 1. The number of hydrogen-bond acceptors (Lipinski definition) is 2. The van der Waals surface area contributed by atoms with Crippen LogP contribution in [0, 0.1) is 6.92 Å². The van der Waals surface area contributed by atoms with E-state index in [0.29, 0.717) is 0 Å². The Labute approximate surface area is 112 Å². The number of fused-ring (bicyclic) bond motifs is 1. The molecule has 0 amide bonds. The third kappa shape index (κ3) is 2.46. The van der Waals surface area contributed by atoms with E-state index in [4.69, 9.17) is 0 Å². The zero-order valence-corrected chi connectivity index (χ0v) is 10.8. The van der Waals surface area contributed by atoms with E-state index in [1.165, 1.54) is 5.56 Å². The molecular weight excluding hydrogens is 246 g/mol. The van der Waals surface area contributed by atoms with E-state index in [1.807, 2.05) is 36.4 Å². The molecule has 2 aromatic carbocycles. The number of benzene rings is 2. The molecule has 2 N–H and O–H groups in total. The minimum Gasteiger partial charge on any atom is -0.326 e. The lowest BCUT2D eigenvalue weighted by atomic mass is 10.2. The average molecular weight is 260 g/mol. The molecule has 0 radical (unpaired) electrons. The van der Waals surface area contributed by atoms with Gasteiger partial charge in [0, 0.05) is 5.69 Å². The second-order valence-corrected chi connectivity index (χ2v) is 4.10. The molecule has 0 saturated heterocycles. The van der Waals surface area contributed by atoms with Crippen molar-refractivity contribution < 1.29 is 0 Å². The second-order valence-electron chi connectivity index (χ2n) is 4.10. The molecule has 0 bridgehead atoms. The van der Waals surface area contributed by atoms with E-state index >= 15 is 0 Å². The number of para-hydroxylation sites is 2. The van der Waals surface area contributed by atoms with E-state index in [1.54, 1.807) is 0 Å². The standard InChI is InChI=1S/C14H13N3.ClH/c1-10-5-4-6-11(9-10)15-14-16-12-7-2-3-8-13(12)17-14;/h2-9H,1H3,(H2,15,16,17);1H. The molecule has 4 heteroatoms. The summed E-state index contributed by atoms with van der Waals surface area (Å²) in [5.41, 5.74) is 4.29. The summed E-state index contributed by atoms with van der Waals surface area (Å²) in [4.78, 5) is 7.71. The SMILES string of the molecule is Cc1cccc(Nc2nc3ccccc3[nH]2)c1.Cl. The summed E-state index contributed by atoms with van der Waals surface area (Å²) >= 11 is 0. The number of nitrogens with one attached hydrogen (secondary N) is 2. The highest BCUT2D eigenvalue weighted by atomic mass is 35.5. The lowest BCUT2D eigenvalue weighted by molar-refractivity contribution is 1.30. The van der Waals surface area contributed by atoms with Crippen LogP contribution in [-0.2, 0) is 0 Å². The van der Waals surface area contributed by atoms with E-state index in [2.05, 4.69) is 34.3 Å². The number of rotatable bonds is 2. The van der Waals surface area contributed by atoms with Gasteiger partial charge < -0.3 is 10.3 Å². The van der Waals surface area contributed by atoms with Crippen molar-refractivity contribution in [1.29, 1.82) is 0 Å². The molecule has 3 rings (SSSR count). The molecule has 0 aliphatic rings. The van der Waals surface area contributed by atoms with Crippen LogP contribution < -0.4 is 5.32 Å². The largest absolute Gasteiger partial charge is 0.326 e. The Morgan fingerprint density at radius 3 is 2.67 bits per heavy atom. The smallest absolute Gasteiger partial charge is 0.205 e. The first-order chi connectivity index (χ1) is 8.31. The van der Waals surface area contributed by atoms with Gasteiger partial charge in [-0.25, -0.2) is 4.98 Å². The highest BCUT2D eigenvalue weighted by Gasteiger charge is 2.01. The minimum absolute atomic E-state index is 0. The Balaban J connectivity index is 0.00000120. The number of anilines is 2. The minimum atomic E-state index is 0. The summed E-state index contributed by atoms with van der Waals surface area (Å²) in [6.45, 7) is 2.07. The highest BCUT2D eigenvalue weighted by Crippen LogP contribution is 2.18. The first kappa shape index (κ1) is 12.5. The van der Waals surface area contributed by atoms with Crippen molar-refractivity contribution in [3.63, 3.8) is 0 Å². The van der Waals surface area contributed by atoms with Crippen LogP contribution in [-0.4, -0.2) is 9.97 Å². The van der Waals surface area contributed by atoms with Crippen LogP contribution >= 0.6 is 12.4 Å². The Bertz CT molecular complexity index is 628. The summed E-state index contributed by atoms with van der Waals surface area (Å²) in [6.07, 6.45) is 0. The third-order valence-electron chi connectivity index (χ3n) is 2.67. The summed E-state index contributed by atoms with van der Waals surface area (Å²) in [6, 6.07) is 16.2. The van der Waals surface area contributed by atoms with Crippen molar-refractivity contribution in [2.24, 2.45) is 0 Å². The molecular formula is C14H14ClN3. The van der Waals surface area contributed by atoms with Gasteiger partial charge in [-0.15, -0.1) is 12.4 Å². The van der Waals surface area contributed by atoms with Gasteiger partial charge in [-0.05, 0) is 36.8 Å². The number of hydrogen-bond donors (Lipinski definition) is 2. The lowest BCUT2D eigenvalue weighted by Gasteiger charge is -2.02. The molecule has 3 aromatic rings. The molecule has 1 heterocycles. The fourth-order valence-electron chi connectivity index (χ4n) is 1.87. The van der Waals surface area contributed by atoms with E-state index in [-0.39, 0.29) is 12.4 Å². The van der Waals surface area contributed by atoms with Crippen molar-refractivity contribution in [1.82, 2.24) is 9.97 Å². The highest BCUT2D eigenvalue weighted by molar-refractivity contribution is 5.85. The van der Waals surface area contributed by atoms with Crippen molar-refractivity contribution in [3.05, 3.63) is 54.1 Å². The molecule has 0 unspecified atom stereocenters. The quantitative estimate of drug-likeness (QED) is 0.729. The molecule has 0 spiro atoms. The van der Waals surface area contributed by atoms with Crippen LogP contribution in [0.1, 0.15) is 5.56 Å². The molecule has 1 aromatic heterocycles. The fraction of sp³-hybridized carbons (Fsp3) is 0.0714. The molecule has 18 heavy (non-hydrogen) atoms. The van der Waals surface area contributed by atoms with Gasteiger partial charge in [-0.3, -0.25) is 0 Å². The Morgan fingerprint density at radius 2 is 1.89 bits per heavy atom. The summed E-state index contributed by atoms with van der Waals surface area (Å²) in [7, 11) is 0. The van der Waals surface area contributed by atoms with Crippen molar-refractivity contribution in [3.8, 4) is 0 Å². The van der Waals surface area contributed by atoms with Crippen molar-refractivity contribution in [2.75, 3.05) is 5.32 Å². The van der Waals surface area contributed by atoms with Gasteiger partial charge >= 0.3 is 0 Å². The van der Waals surface area contributed by atoms with E-state index < -0.39 is 0 Å². The summed E-state index contributed by atoms with van der Waals surface area (Å²) in [5, 5.41) is 3.27. The van der Waals surface area contributed by atoms with Crippen LogP contribution in [0.3, 0.4) is 0 Å². The molecule has 0 aliphatic heterocycles. The Morgan fingerprint density at radius 1 is 1.06 bits per heavy atom. The number of H-pyrrole nitrogens is 1. The van der Waals surface area contributed by atoms with Gasteiger partial charge in [0.25, 0.3) is 0 Å². The fourth-order valence-corrected chi connectivity index (χ4v) is 1.87. The monoisotopic (exact) mass is 259 g/mol. The molecule has 0 saturated carbocycles. The molecule has 3 nitrogen and oxygen atoms in total. The van der Waals surface area contributed by atoms with Crippen LogP contribution in [0.4, 0.5) is 11.6 Å². The molecule has 0 fully saturated rings. The third-order valence-corrected chi connectivity index (χ3v) is 2.67. The Hall–Kier alpha value is -2.00. The van der Waals surface area contributed by atoms with Crippen LogP contribution in [0.2, 0.25) is 0 Å². The maximum absolute atomic E-state index is 4.47. The molecule has 0 aliphatic carbocycles. The number of aryl methyl sites for hydroxylation is 1. The van der Waals surface area contributed by atoms with Gasteiger partial charge in [0.2, 0.25) is 5.95 Å². The maximum atomic E-state index is 4.47. The predicted molar refractivity (Wildman–Crippen MR) is 77.8 cm³/mol. The van der Waals surface area contributed by atoms with Gasteiger partial charge in [-0.2, -0.15) is 0 Å². The number of aromatic amines is 1. The number of imidazole rings is 1. The average Bonchev–Trinajstić information content (AvgIpc) is 2.71. The van der Waals surface area contributed by atoms with Crippen molar-refractivity contribution in [2.45, 2.75) is 6.92 Å². The van der Waals surface area contributed by atoms with Gasteiger partial charge in [0.1, 0.15) is 0 Å². The predicted octanol–water partition coefficient (Wildman–Crippen LogP) is 4.04. The molecule has 0 atom stereocenters. The van der Waals surface area contributed by atoms with Gasteiger partial charge in [0.15, 0.2) is 0 Å². The first-order valence-corrected chi connectivity index (χ1v) is 5.60. The van der Waals surface area contributed by atoms with Crippen LogP contribution in [0.5, 0.6) is 0 Å². The van der Waals surface area contributed by atoms with Crippen molar-refractivity contribution >= 4 is 35.1 Å². The van der Waals surface area contributed by atoms with Gasteiger partial charge in [0.05, 0.1) is 11.0 Å². The normalized spacial score (nSPS) is 10.1. The van der Waals surface area contributed by atoms with Gasteiger partial charge in [-0.1, -0.05) is 24.3 Å². The lowest BCUT2D eigenvalue weighted by Crippen LogP contribution is -1.92. The zero-order valence-electron chi connectivity index (χ0n) is 9.97. The second kappa shape index (κ2) is 5.10. The zero-order chi connectivity index (χ0) is 11.7. The summed E-state index contributed by atoms with van der Waals surface area (Å²) < 4.78 is 0. The number of nitrogens with zero attached hydrogens (tertiary/aromatic N) is 1. The Kier molecular flexibility index (Phi) is 3.53. The molecule has 92 valence electrons. The summed E-state index contributed by atoms with van der Waals surface area (Å²) in [5.74, 6) is 0.775. The van der Waals surface area contributed by atoms with Crippen LogP contribution in [0.15, 0.2) is 48.5 Å². The van der Waals surface area contributed by atoms with E-state index in [9.17, 15) is 0 Å². The first-order valence-electron chi connectivity index (χ1n) is 5.60. The maximum Gasteiger partial charge on any atom is 0.205 e. The van der Waals surface area contributed by atoms with E-state index in [0.717, 1.165) is 22.7 Å². The van der Waals surface area contributed by atoms with Crippen LogP contribution in [0.25, 0.3) is 11.0 Å². The number of aromatic nitrogens is 2.